The van der Waals surface area contributed by atoms with E-state index < -0.39 is 21.7 Å². The third-order valence-corrected chi connectivity index (χ3v) is 5.73. The molecule has 0 atom stereocenters. The van der Waals surface area contributed by atoms with Gasteiger partial charge in [-0.05, 0) is 68.3 Å². The molecule has 0 spiro atoms. The molecule has 0 saturated heterocycles. The number of nitro groups is 2. The van der Waals surface area contributed by atoms with Crippen LogP contribution in [0.5, 0.6) is 0 Å². The third-order valence-electron chi connectivity index (χ3n) is 4.24. The molecule has 0 aliphatic carbocycles. The molecule has 2 amide bonds. The molecule has 0 heterocycles. The third kappa shape index (κ3) is 5.15. The maximum absolute atomic E-state index is 12.5. The van der Waals surface area contributed by atoms with Crippen LogP contribution in [0.3, 0.4) is 0 Å². The molecule has 0 unspecified atom stereocenters. The van der Waals surface area contributed by atoms with Crippen molar-refractivity contribution < 1.29 is 19.4 Å². The minimum atomic E-state index is -0.573. The zero-order valence-electron chi connectivity index (χ0n) is 15.9. The highest BCUT2D eigenvalue weighted by Gasteiger charge is 2.18. The van der Waals surface area contributed by atoms with Gasteiger partial charge < -0.3 is 10.6 Å². The summed E-state index contributed by atoms with van der Waals surface area (Å²) in [6.07, 6.45) is 0. The second-order valence-corrected chi connectivity index (χ2v) is 7.95. The number of hydrogen-bond acceptors (Lipinski definition) is 6. The van der Waals surface area contributed by atoms with Crippen LogP contribution in [0.15, 0.2) is 69.6 Å². The van der Waals surface area contributed by atoms with Crippen molar-refractivity contribution in [3.8, 4) is 0 Å². The lowest BCUT2D eigenvalue weighted by Gasteiger charge is -2.09. The number of hydrogen-bond donors (Lipinski definition) is 2. The highest BCUT2D eigenvalue weighted by atomic mass is 79.9. The number of rotatable bonds is 6. The summed E-state index contributed by atoms with van der Waals surface area (Å²) in [6.45, 7) is 0. The van der Waals surface area contributed by atoms with Gasteiger partial charge in [0.2, 0.25) is 0 Å². The van der Waals surface area contributed by atoms with Crippen LogP contribution in [-0.4, -0.2) is 21.7 Å². The molecule has 12 heteroatoms. The largest absolute Gasteiger partial charge is 0.321 e. The number of carbonyl (C=O) groups excluding carboxylic acids is 2. The average Bonchev–Trinajstić information content (AvgIpc) is 2.76. The van der Waals surface area contributed by atoms with Gasteiger partial charge in [-0.3, -0.25) is 29.8 Å². The Morgan fingerprint density at radius 3 is 1.81 bits per heavy atom. The van der Waals surface area contributed by atoms with Crippen LogP contribution in [0.4, 0.5) is 22.7 Å². The van der Waals surface area contributed by atoms with E-state index in [0.29, 0.717) is 10.2 Å². The number of nitro benzene ring substituents is 2. The minimum Gasteiger partial charge on any atom is -0.321 e. The Bertz CT molecular complexity index is 1250. The lowest BCUT2D eigenvalue weighted by atomic mass is 10.1. The van der Waals surface area contributed by atoms with Gasteiger partial charge in [-0.2, -0.15) is 0 Å². The SMILES string of the molecule is O=C(Nc1ccc([N+](=O)[O-])cc1Br)c1ccc(C(=O)Nc2cccc([N+](=O)[O-])c2Br)cc1. The van der Waals surface area contributed by atoms with Crippen LogP contribution in [-0.2, 0) is 0 Å². The van der Waals surface area contributed by atoms with Gasteiger partial charge in [0, 0.05) is 33.8 Å². The number of anilines is 2. The standard InChI is InChI=1S/C20H12Br2N4O6/c21-14-10-13(25(29)30)8-9-15(14)23-19(27)11-4-6-12(7-5-11)20(28)24-16-2-1-3-17(18(16)22)26(31)32/h1-10H,(H,23,27)(H,24,28). The Morgan fingerprint density at radius 1 is 0.750 bits per heavy atom. The molecule has 0 aliphatic rings. The summed E-state index contributed by atoms with van der Waals surface area (Å²) in [4.78, 5) is 45.7. The monoisotopic (exact) mass is 562 g/mol. The van der Waals surface area contributed by atoms with E-state index in [2.05, 4.69) is 42.5 Å². The van der Waals surface area contributed by atoms with Crippen molar-refractivity contribution in [2.45, 2.75) is 0 Å². The van der Waals surface area contributed by atoms with Crippen molar-refractivity contribution in [3.05, 3.63) is 101 Å². The predicted octanol–water partition coefficient (Wildman–Crippen LogP) is 5.53. The molecular formula is C20H12Br2N4O6. The van der Waals surface area contributed by atoms with E-state index in [-0.39, 0.29) is 32.7 Å². The molecule has 10 nitrogen and oxygen atoms in total. The van der Waals surface area contributed by atoms with E-state index in [1.165, 1.54) is 60.7 Å². The summed E-state index contributed by atoms with van der Waals surface area (Å²) in [5.41, 5.74) is 0.750. The summed E-state index contributed by atoms with van der Waals surface area (Å²) < 4.78 is 0.488. The molecular weight excluding hydrogens is 552 g/mol. The second kappa shape index (κ2) is 9.66. The number of carbonyl (C=O) groups is 2. The number of nitrogens with zero attached hydrogens (tertiary/aromatic N) is 2. The molecule has 32 heavy (non-hydrogen) atoms. The van der Waals surface area contributed by atoms with Crippen LogP contribution in [0.25, 0.3) is 0 Å². The molecule has 3 rings (SSSR count). The molecule has 0 aromatic heterocycles. The van der Waals surface area contributed by atoms with E-state index in [1.54, 1.807) is 0 Å². The molecule has 0 bridgehead atoms. The van der Waals surface area contributed by atoms with Crippen LogP contribution >= 0.6 is 31.9 Å². The fourth-order valence-electron chi connectivity index (χ4n) is 2.64. The van der Waals surface area contributed by atoms with E-state index >= 15 is 0 Å². The quantitative estimate of drug-likeness (QED) is 0.298. The Balaban J connectivity index is 1.71. The van der Waals surface area contributed by atoms with Crippen LogP contribution in [0, 0.1) is 20.2 Å². The van der Waals surface area contributed by atoms with E-state index in [1.807, 2.05) is 0 Å². The number of halogens is 2. The first-order valence-electron chi connectivity index (χ1n) is 8.77. The Kier molecular flexibility index (Phi) is 6.95. The summed E-state index contributed by atoms with van der Waals surface area (Å²) in [5, 5.41) is 27.0. The van der Waals surface area contributed by atoms with Crippen molar-refractivity contribution in [2.75, 3.05) is 10.6 Å². The molecule has 0 aliphatic heterocycles. The zero-order valence-corrected chi connectivity index (χ0v) is 19.0. The Hall–Kier alpha value is -3.64. The van der Waals surface area contributed by atoms with E-state index in [9.17, 15) is 29.8 Å². The summed E-state index contributed by atoms with van der Waals surface area (Å²) in [5.74, 6) is -0.996. The van der Waals surface area contributed by atoms with Gasteiger partial charge in [0.15, 0.2) is 0 Å². The lowest BCUT2D eigenvalue weighted by molar-refractivity contribution is -0.385. The first kappa shape index (κ1) is 23.0. The maximum Gasteiger partial charge on any atom is 0.285 e. The summed E-state index contributed by atoms with van der Waals surface area (Å²) in [7, 11) is 0. The predicted molar refractivity (Wildman–Crippen MR) is 124 cm³/mol. The number of benzene rings is 3. The van der Waals surface area contributed by atoms with Gasteiger partial charge in [0.25, 0.3) is 23.2 Å². The van der Waals surface area contributed by atoms with Gasteiger partial charge in [-0.1, -0.05) is 6.07 Å². The zero-order chi connectivity index (χ0) is 23.4. The van der Waals surface area contributed by atoms with Crippen LogP contribution in [0.2, 0.25) is 0 Å². The number of nitrogens with one attached hydrogen (secondary N) is 2. The smallest absolute Gasteiger partial charge is 0.285 e. The fraction of sp³-hybridized carbons (Fsp3) is 0. The number of non-ortho nitro benzene ring substituents is 1. The molecule has 3 aromatic rings. The molecule has 162 valence electrons. The van der Waals surface area contributed by atoms with E-state index in [0.717, 1.165) is 0 Å². The molecule has 0 fully saturated rings. The Morgan fingerprint density at radius 2 is 1.31 bits per heavy atom. The highest BCUT2D eigenvalue weighted by Crippen LogP contribution is 2.32. The maximum atomic E-state index is 12.5. The first-order valence-corrected chi connectivity index (χ1v) is 10.4. The fourth-order valence-corrected chi connectivity index (χ4v) is 3.61. The van der Waals surface area contributed by atoms with E-state index in [4.69, 9.17) is 0 Å². The van der Waals surface area contributed by atoms with Crippen LogP contribution in [0.1, 0.15) is 20.7 Å². The topological polar surface area (TPSA) is 144 Å². The van der Waals surface area contributed by atoms with Crippen molar-refractivity contribution in [1.82, 2.24) is 0 Å². The van der Waals surface area contributed by atoms with Gasteiger partial charge >= 0.3 is 0 Å². The van der Waals surface area contributed by atoms with Crippen molar-refractivity contribution in [1.29, 1.82) is 0 Å². The van der Waals surface area contributed by atoms with Gasteiger partial charge in [0.1, 0.15) is 4.47 Å². The first-order chi connectivity index (χ1) is 15.2. The van der Waals surface area contributed by atoms with Gasteiger partial charge in [0.05, 0.1) is 21.2 Å². The minimum absolute atomic E-state index is 0.124. The normalized spacial score (nSPS) is 10.3. The highest BCUT2D eigenvalue weighted by molar-refractivity contribution is 9.11. The molecule has 0 saturated carbocycles. The molecule has 0 radical (unpaired) electrons. The Labute approximate surface area is 197 Å². The van der Waals surface area contributed by atoms with Gasteiger partial charge in [-0.15, -0.1) is 0 Å². The summed E-state index contributed by atoms with van der Waals surface area (Å²) >= 11 is 6.29. The van der Waals surface area contributed by atoms with Crippen molar-refractivity contribution >= 4 is 66.4 Å². The molecule has 3 aromatic carbocycles. The van der Waals surface area contributed by atoms with Gasteiger partial charge in [-0.25, -0.2) is 0 Å². The average molecular weight is 564 g/mol. The summed E-state index contributed by atoms with van der Waals surface area (Å²) in [6, 6.07) is 13.9. The second-order valence-electron chi connectivity index (χ2n) is 6.30. The van der Waals surface area contributed by atoms with Crippen LogP contribution < -0.4 is 10.6 Å². The lowest BCUT2D eigenvalue weighted by Crippen LogP contribution is -2.15. The van der Waals surface area contributed by atoms with Crippen molar-refractivity contribution in [2.24, 2.45) is 0 Å². The molecule has 2 N–H and O–H groups in total. The van der Waals surface area contributed by atoms with Crippen molar-refractivity contribution in [3.63, 3.8) is 0 Å². The number of amides is 2.